The van der Waals surface area contributed by atoms with Gasteiger partial charge in [0.15, 0.2) is 0 Å². The Hall–Kier alpha value is -2.82. The molecule has 3 rings (SSSR count). The van der Waals surface area contributed by atoms with Crippen LogP contribution in [0.5, 0.6) is 5.75 Å². The molecule has 0 saturated carbocycles. The summed E-state index contributed by atoms with van der Waals surface area (Å²) >= 11 is 0. The molecule has 0 radical (unpaired) electrons. The van der Waals surface area contributed by atoms with Gasteiger partial charge in [-0.05, 0) is 37.6 Å². The molecule has 0 bridgehead atoms. The molecule has 5 nitrogen and oxygen atoms in total. The summed E-state index contributed by atoms with van der Waals surface area (Å²) in [4.78, 5) is 26.4. The van der Waals surface area contributed by atoms with E-state index in [0.717, 1.165) is 11.3 Å². The van der Waals surface area contributed by atoms with Crippen LogP contribution >= 0.6 is 0 Å². The highest BCUT2D eigenvalue weighted by atomic mass is 16.5. The molecule has 1 fully saturated rings. The zero-order valence-corrected chi connectivity index (χ0v) is 13.8. The van der Waals surface area contributed by atoms with E-state index in [4.69, 9.17) is 4.74 Å². The van der Waals surface area contributed by atoms with E-state index in [2.05, 4.69) is 5.32 Å². The molecule has 2 aromatic carbocycles. The van der Waals surface area contributed by atoms with Gasteiger partial charge >= 0.3 is 0 Å². The maximum Gasteiger partial charge on any atom is 0.256 e. The third-order valence-corrected chi connectivity index (χ3v) is 4.03. The van der Waals surface area contributed by atoms with Gasteiger partial charge in [-0.3, -0.25) is 9.59 Å². The van der Waals surface area contributed by atoms with Crippen molar-refractivity contribution < 1.29 is 14.3 Å². The van der Waals surface area contributed by atoms with Gasteiger partial charge in [0, 0.05) is 5.69 Å². The average molecular weight is 324 g/mol. The maximum atomic E-state index is 12.8. The molecule has 1 aliphatic heterocycles. The van der Waals surface area contributed by atoms with Gasteiger partial charge in [-0.15, -0.1) is 0 Å². The first kappa shape index (κ1) is 16.1. The summed E-state index contributed by atoms with van der Waals surface area (Å²) < 4.78 is 5.55. The number of ether oxygens (including phenoxy) is 1. The number of nitrogens with one attached hydrogen (secondary N) is 1. The summed E-state index contributed by atoms with van der Waals surface area (Å²) in [6.07, 6.45) is 0.133. The number of nitrogens with zero attached hydrogens (tertiary/aromatic N) is 1. The smallest absolute Gasteiger partial charge is 0.256 e. The van der Waals surface area contributed by atoms with Gasteiger partial charge in [0.1, 0.15) is 11.8 Å². The van der Waals surface area contributed by atoms with E-state index in [-0.39, 0.29) is 18.2 Å². The number of rotatable bonds is 5. The Morgan fingerprint density at radius 1 is 1.12 bits per heavy atom. The normalized spacial score (nSPS) is 17.2. The van der Waals surface area contributed by atoms with Gasteiger partial charge < -0.3 is 10.1 Å². The lowest BCUT2D eigenvalue weighted by atomic mass is 10.1. The van der Waals surface area contributed by atoms with Crippen LogP contribution in [0.3, 0.4) is 0 Å². The molecule has 1 N–H and O–H groups in total. The molecule has 0 aliphatic carbocycles. The van der Waals surface area contributed by atoms with Gasteiger partial charge in [0.05, 0.1) is 18.7 Å². The predicted octanol–water partition coefficient (Wildman–Crippen LogP) is 3.14. The number of hydrogen-bond acceptors (Lipinski definition) is 4. The highest BCUT2D eigenvalue weighted by molar-refractivity contribution is 6.23. The van der Waals surface area contributed by atoms with Gasteiger partial charge in [0.25, 0.3) is 5.91 Å². The van der Waals surface area contributed by atoms with E-state index in [9.17, 15) is 9.59 Å². The fourth-order valence-electron chi connectivity index (χ4n) is 2.84. The molecule has 5 heteroatoms. The van der Waals surface area contributed by atoms with Crippen LogP contribution < -0.4 is 15.0 Å². The fourth-order valence-corrected chi connectivity index (χ4v) is 2.84. The number of carbonyl (C=O) groups is 2. The second-order valence-corrected chi connectivity index (χ2v) is 5.68. The zero-order chi connectivity index (χ0) is 17.1. The Labute approximate surface area is 141 Å². The SMILES string of the molecule is CCOc1ccccc1N1C(=O)CC(Nc2ccccc2C)C1=O. The molecular weight excluding hydrogens is 304 g/mol. The quantitative estimate of drug-likeness (QED) is 0.859. The van der Waals surface area contributed by atoms with Gasteiger partial charge in [0.2, 0.25) is 5.91 Å². The van der Waals surface area contributed by atoms with Crippen molar-refractivity contribution in [2.24, 2.45) is 0 Å². The molecule has 1 atom stereocenters. The molecule has 0 spiro atoms. The zero-order valence-electron chi connectivity index (χ0n) is 13.8. The summed E-state index contributed by atoms with van der Waals surface area (Å²) in [5.41, 5.74) is 2.40. The van der Waals surface area contributed by atoms with Crippen molar-refractivity contribution in [1.82, 2.24) is 0 Å². The predicted molar refractivity (Wildman–Crippen MR) is 93.3 cm³/mol. The number of amides is 2. The molecule has 1 aliphatic rings. The number of benzene rings is 2. The van der Waals surface area contributed by atoms with Crippen LogP contribution in [0.4, 0.5) is 11.4 Å². The van der Waals surface area contributed by atoms with Gasteiger partial charge in [-0.1, -0.05) is 30.3 Å². The topological polar surface area (TPSA) is 58.6 Å². The van der Waals surface area contributed by atoms with Crippen molar-refractivity contribution in [2.45, 2.75) is 26.3 Å². The van der Waals surface area contributed by atoms with Crippen molar-refractivity contribution in [3.05, 3.63) is 54.1 Å². The Morgan fingerprint density at radius 2 is 1.83 bits per heavy atom. The van der Waals surface area contributed by atoms with Gasteiger partial charge in [-0.25, -0.2) is 4.90 Å². The summed E-state index contributed by atoms with van der Waals surface area (Å²) in [6.45, 7) is 4.30. The molecule has 2 aromatic rings. The third kappa shape index (κ3) is 2.97. The monoisotopic (exact) mass is 324 g/mol. The van der Waals surface area contributed by atoms with Gasteiger partial charge in [-0.2, -0.15) is 0 Å². The first-order chi connectivity index (χ1) is 11.6. The van der Waals surface area contributed by atoms with E-state index in [1.807, 2.05) is 44.2 Å². The first-order valence-corrected chi connectivity index (χ1v) is 8.02. The lowest BCUT2D eigenvalue weighted by Gasteiger charge is -2.19. The second kappa shape index (κ2) is 6.74. The van der Waals surface area contributed by atoms with Crippen molar-refractivity contribution in [2.75, 3.05) is 16.8 Å². The third-order valence-electron chi connectivity index (χ3n) is 4.03. The Balaban J connectivity index is 1.86. The van der Waals surface area contributed by atoms with Crippen LogP contribution in [0.2, 0.25) is 0 Å². The summed E-state index contributed by atoms with van der Waals surface area (Å²) in [7, 11) is 0. The summed E-state index contributed by atoms with van der Waals surface area (Å²) in [5.74, 6) is 0.0619. The number of aryl methyl sites for hydroxylation is 1. The molecule has 124 valence electrons. The van der Waals surface area contributed by atoms with Crippen LogP contribution in [0.1, 0.15) is 18.9 Å². The Kier molecular flexibility index (Phi) is 4.51. The standard InChI is InChI=1S/C19H20N2O3/c1-3-24-17-11-7-6-10-16(17)21-18(22)12-15(19(21)23)20-14-9-5-4-8-13(14)2/h4-11,15,20H,3,12H2,1-2H3. The van der Waals surface area contributed by atoms with E-state index in [0.29, 0.717) is 18.0 Å². The lowest BCUT2D eigenvalue weighted by Crippen LogP contribution is -2.35. The van der Waals surface area contributed by atoms with Crippen LogP contribution in [0.15, 0.2) is 48.5 Å². The van der Waals surface area contributed by atoms with E-state index in [1.54, 1.807) is 18.2 Å². The Bertz CT molecular complexity index is 773. The minimum Gasteiger partial charge on any atom is -0.492 e. The van der Waals surface area contributed by atoms with E-state index >= 15 is 0 Å². The highest BCUT2D eigenvalue weighted by Gasteiger charge is 2.40. The lowest BCUT2D eigenvalue weighted by molar-refractivity contribution is -0.121. The number of anilines is 2. The second-order valence-electron chi connectivity index (χ2n) is 5.68. The fraction of sp³-hybridized carbons (Fsp3) is 0.263. The van der Waals surface area contributed by atoms with Crippen molar-refractivity contribution in [3.63, 3.8) is 0 Å². The Morgan fingerprint density at radius 3 is 2.58 bits per heavy atom. The largest absolute Gasteiger partial charge is 0.492 e. The first-order valence-electron chi connectivity index (χ1n) is 8.02. The molecule has 1 unspecified atom stereocenters. The summed E-state index contributed by atoms with van der Waals surface area (Å²) in [6, 6.07) is 14.3. The van der Waals surface area contributed by atoms with Crippen LogP contribution in [0, 0.1) is 6.92 Å². The van der Waals surface area contributed by atoms with Crippen molar-refractivity contribution in [3.8, 4) is 5.75 Å². The van der Waals surface area contributed by atoms with E-state index < -0.39 is 6.04 Å². The molecule has 1 saturated heterocycles. The molecular formula is C19H20N2O3. The van der Waals surface area contributed by atoms with Crippen LogP contribution in [-0.2, 0) is 9.59 Å². The van der Waals surface area contributed by atoms with E-state index in [1.165, 1.54) is 4.90 Å². The molecule has 24 heavy (non-hydrogen) atoms. The van der Waals surface area contributed by atoms with Crippen molar-refractivity contribution in [1.29, 1.82) is 0 Å². The summed E-state index contributed by atoms with van der Waals surface area (Å²) in [5, 5.41) is 3.19. The molecule has 2 amide bonds. The van der Waals surface area contributed by atoms with Crippen LogP contribution in [0.25, 0.3) is 0 Å². The number of para-hydroxylation sites is 3. The minimum atomic E-state index is -0.562. The number of carbonyl (C=O) groups excluding carboxylic acids is 2. The minimum absolute atomic E-state index is 0.133. The average Bonchev–Trinajstić information content (AvgIpc) is 2.85. The highest BCUT2D eigenvalue weighted by Crippen LogP contribution is 2.33. The number of hydrogen-bond donors (Lipinski definition) is 1. The molecule has 1 heterocycles. The van der Waals surface area contributed by atoms with Crippen molar-refractivity contribution >= 4 is 23.2 Å². The number of imide groups is 1. The van der Waals surface area contributed by atoms with Crippen LogP contribution in [-0.4, -0.2) is 24.5 Å². The maximum absolute atomic E-state index is 12.8. The molecule has 0 aromatic heterocycles.